The number of nitrogens with zero attached hydrogens (tertiary/aromatic N) is 3. The minimum absolute atomic E-state index is 0.0412. The molecule has 1 aromatic rings. The van der Waals surface area contributed by atoms with Gasteiger partial charge in [-0.1, -0.05) is 41.5 Å². The monoisotopic (exact) mass is 414 g/mol. The van der Waals surface area contributed by atoms with Crippen molar-refractivity contribution in [1.29, 1.82) is 0 Å². The zero-order valence-corrected chi connectivity index (χ0v) is 18.2. The van der Waals surface area contributed by atoms with Gasteiger partial charge in [-0.2, -0.15) is 18.3 Å². The molecule has 0 saturated carbocycles. The molecular formula is C21H33F3N4O. The van der Waals surface area contributed by atoms with Crippen molar-refractivity contribution in [1.82, 2.24) is 14.7 Å². The van der Waals surface area contributed by atoms with Crippen LogP contribution in [-0.2, 0) is 4.79 Å². The molecule has 3 atom stereocenters. The lowest BCUT2D eigenvalue weighted by atomic mass is 9.82. The normalized spacial score (nSPS) is 26.1. The summed E-state index contributed by atoms with van der Waals surface area (Å²) >= 11 is 0. The van der Waals surface area contributed by atoms with Gasteiger partial charge in [0.15, 0.2) is 6.04 Å². The Morgan fingerprint density at radius 3 is 2.38 bits per heavy atom. The standard InChI is InChI=1S/C21H33F3N4O/c1-19(2,3)15-11-16(21(22,23)24)28-17(25-15)10-14(26-28)13-8-7-9-27(12-13)18(29)20(4,5)6/h10,13,15-16,25H,7-9,11-12H2,1-6H3/t13?,15-,16+/m0/s1. The van der Waals surface area contributed by atoms with Crippen LogP contribution in [0.3, 0.4) is 0 Å². The summed E-state index contributed by atoms with van der Waals surface area (Å²) in [6, 6.07) is -0.170. The van der Waals surface area contributed by atoms with Gasteiger partial charge in [0.05, 0.1) is 5.69 Å². The average Bonchev–Trinajstić information content (AvgIpc) is 3.02. The predicted octanol–water partition coefficient (Wildman–Crippen LogP) is 4.97. The zero-order chi connectivity index (χ0) is 21.8. The molecule has 5 nitrogen and oxygen atoms in total. The van der Waals surface area contributed by atoms with Crippen LogP contribution in [0.4, 0.5) is 19.0 Å². The first-order chi connectivity index (χ1) is 13.2. The van der Waals surface area contributed by atoms with Gasteiger partial charge in [-0.05, 0) is 24.7 Å². The maximum absolute atomic E-state index is 13.8. The van der Waals surface area contributed by atoms with E-state index < -0.39 is 17.6 Å². The molecule has 0 aromatic carbocycles. The Labute approximate surface area is 171 Å². The van der Waals surface area contributed by atoms with Crippen LogP contribution in [0.2, 0.25) is 0 Å². The van der Waals surface area contributed by atoms with Crippen molar-refractivity contribution in [3.05, 3.63) is 11.8 Å². The van der Waals surface area contributed by atoms with Gasteiger partial charge in [0.1, 0.15) is 5.82 Å². The number of anilines is 1. The van der Waals surface area contributed by atoms with Crippen molar-refractivity contribution in [3.8, 4) is 0 Å². The molecule has 1 N–H and O–H groups in total. The molecule has 0 bridgehead atoms. The first kappa shape index (κ1) is 22.0. The highest BCUT2D eigenvalue weighted by atomic mass is 19.4. The maximum atomic E-state index is 13.8. The highest BCUT2D eigenvalue weighted by molar-refractivity contribution is 5.81. The van der Waals surface area contributed by atoms with Crippen molar-refractivity contribution in [2.24, 2.45) is 10.8 Å². The van der Waals surface area contributed by atoms with Gasteiger partial charge in [-0.15, -0.1) is 0 Å². The largest absolute Gasteiger partial charge is 0.410 e. The fourth-order valence-corrected chi connectivity index (χ4v) is 4.24. The summed E-state index contributed by atoms with van der Waals surface area (Å²) in [5.41, 5.74) is -0.138. The highest BCUT2D eigenvalue weighted by Gasteiger charge is 2.48. The molecule has 8 heteroatoms. The highest BCUT2D eigenvalue weighted by Crippen LogP contribution is 2.44. The number of rotatable bonds is 1. The number of piperidine rings is 1. The smallest absolute Gasteiger partial charge is 0.367 e. The predicted molar refractivity (Wildman–Crippen MR) is 107 cm³/mol. The fourth-order valence-electron chi connectivity index (χ4n) is 4.24. The number of carbonyl (C=O) groups excluding carboxylic acids is 1. The summed E-state index contributed by atoms with van der Waals surface area (Å²) in [4.78, 5) is 14.5. The van der Waals surface area contributed by atoms with Gasteiger partial charge < -0.3 is 10.2 Å². The van der Waals surface area contributed by atoms with Gasteiger partial charge in [0.25, 0.3) is 0 Å². The molecule has 3 rings (SSSR count). The van der Waals surface area contributed by atoms with Crippen LogP contribution in [0.1, 0.15) is 78.5 Å². The Morgan fingerprint density at radius 1 is 1.17 bits per heavy atom. The van der Waals surface area contributed by atoms with E-state index >= 15 is 0 Å². The number of hydrogen-bond donors (Lipinski definition) is 1. The zero-order valence-electron chi connectivity index (χ0n) is 18.2. The van der Waals surface area contributed by atoms with Gasteiger partial charge in [-0.25, -0.2) is 4.68 Å². The molecule has 3 heterocycles. The van der Waals surface area contributed by atoms with Crippen molar-refractivity contribution in [2.45, 2.75) is 85.0 Å². The van der Waals surface area contributed by atoms with E-state index in [1.165, 1.54) is 0 Å². The van der Waals surface area contributed by atoms with E-state index in [-0.39, 0.29) is 29.7 Å². The summed E-state index contributed by atoms with van der Waals surface area (Å²) in [5.74, 6) is 0.454. The number of fused-ring (bicyclic) bond motifs is 1. The third-order valence-electron chi connectivity index (χ3n) is 6.02. The number of carbonyl (C=O) groups is 1. The molecule has 1 saturated heterocycles. The summed E-state index contributed by atoms with van der Waals surface area (Å²) in [5, 5.41) is 7.67. The van der Waals surface area contributed by atoms with Crippen LogP contribution in [0, 0.1) is 10.8 Å². The van der Waals surface area contributed by atoms with Crippen LogP contribution in [0.5, 0.6) is 0 Å². The Bertz CT molecular complexity index is 757. The summed E-state index contributed by atoms with van der Waals surface area (Å²) in [6.45, 7) is 12.7. The summed E-state index contributed by atoms with van der Waals surface area (Å²) in [6.07, 6.45) is -2.75. The first-order valence-corrected chi connectivity index (χ1v) is 10.4. The number of aromatic nitrogens is 2. The molecule has 1 amide bonds. The van der Waals surface area contributed by atoms with Crippen LogP contribution in [0.25, 0.3) is 0 Å². The second kappa shape index (κ2) is 7.20. The van der Waals surface area contributed by atoms with E-state index in [0.29, 0.717) is 24.6 Å². The average molecular weight is 415 g/mol. The summed E-state index contributed by atoms with van der Waals surface area (Å²) < 4.78 is 42.5. The molecular weight excluding hydrogens is 381 g/mol. The molecule has 29 heavy (non-hydrogen) atoms. The molecule has 1 fully saturated rings. The van der Waals surface area contributed by atoms with Gasteiger partial charge >= 0.3 is 6.18 Å². The maximum Gasteiger partial charge on any atom is 0.410 e. The third-order valence-corrected chi connectivity index (χ3v) is 6.02. The van der Waals surface area contributed by atoms with Crippen LogP contribution in [0.15, 0.2) is 6.07 Å². The third kappa shape index (κ3) is 4.56. The van der Waals surface area contributed by atoms with E-state index in [4.69, 9.17) is 0 Å². The van der Waals surface area contributed by atoms with Crippen molar-refractivity contribution < 1.29 is 18.0 Å². The minimum atomic E-state index is -4.36. The fraction of sp³-hybridized carbons (Fsp3) is 0.810. The molecule has 2 aliphatic rings. The quantitative estimate of drug-likeness (QED) is 0.706. The molecule has 164 valence electrons. The molecule has 2 aliphatic heterocycles. The number of alkyl halides is 3. The van der Waals surface area contributed by atoms with Crippen molar-refractivity contribution in [2.75, 3.05) is 18.4 Å². The lowest BCUT2D eigenvalue weighted by molar-refractivity contribution is -0.175. The molecule has 1 aromatic heterocycles. The number of hydrogen-bond acceptors (Lipinski definition) is 3. The molecule has 1 unspecified atom stereocenters. The van der Waals surface area contributed by atoms with Crippen molar-refractivity contribution in [3.63, 3.8) is 0 Å². The van der Waals surface area contributed by atoms with Gasteiger partial charge in [-0.3, -0.25) is 4.79 Å². The molecule has 0 radical (unpaired) electrons. The van der Waals surface area contributed by atoms with E-state index in [2.05, 4.69) is 10.4 Å². The van der Waals surface area contributed by atoms with Crippen LogP contribution >= 0.6 is 0 Å². The minimum Gasteiger partial charge on any atom is -0.367 e. The number of nitrogens with one attached hydrogen (secondary N) is 1. The van der Waals surface area contributed by atoms with E-state index in [1.54, 1.807) is 6.07 Å². The van der Waals surface area contributed by atoms with Gasteiger partial charge in [0.2, 0.25) is 5.91 Å². The number of amides is 1. The Morgan fingerprint density at radius 2 is 1.83 bits per heavy atom. The Hall–Kier alpha value is -1.73. The van der Waals surface area contributed by atoms with Crippen LogP contribution < -0.4 is 5.32 Å². The van der Waals surface area contributed by atoms with E-state index in [0.717, 1.165) is 17.5 Å². The van der Waals surface area contributed by atoms with Crippen molar-refractivity contribution >= 4 is 11.7 Å². The van der Waals surface area contributed by atoms with E-state index in [1.807, 2.05) is 46.4 Å². The lowest BCUT2D eigenvalue weighted by Crippen LogP contribution is -2.45. The lowest BCUT2D eigenvalue weighted by Gasteiger charge is -2.39. The number of halogens is 3. The Balaban J connectivity index is 1.88. The molecule has 0 aliphatic carbocycles. The summed E-state index contributed by atoms with van der Waals surface area (Å²) in [7, 11) is 0. The SMILES string of the molecule is CC(C)(C)C(=O)N1CCCC(c2cc3n(n2)[C@@H](C(F)(F)F)C[C@@H](C(C)(C)C)N3)C1. The molecule has 0 spiro atoms. The van der Waals surface area contributed by atoms with Crippen LogP contribution in [-0.4, -0.2) is 45.9 Å². The Kier molecular flexibility index (Phi) is 5.45. The van der Waals surface area contributed by atoms with E-state index in [9.17, 15) is 18.0 Å². The topological polar surface area (TPSA) is 50.2 Å². The second-order valence-corrected chi connectivity index (χ2v) is 10.6. The number of likely N-dealkylation sites (tertiary alicyclic amines) is 1. The first-order valence-electron chi connectivity index (χ1n) is 10.4. The van der Waals surface area contributed by atoms with Gasteiger partial charge in [0, 0.05) is 36.5 Å². The second-order valence-electron chi connectivity index (χ2n) is 10.6.